The first-order valence-electron chi connectivity index (χ1n) is 4.79. The Morgan fingerprint density at radius 3 is 2.76 bits per heavy atom. The SMILES string of the molecule is Cn1cc(NC(=O)c2ccoc2Br)ccc1=O. The lowest BCUT2D eigenvalue weighted by molar-refractivity contribution is 0.102. The second-order valence-electron chi connectivity index (χ2n) is 3.43. The second-order valence-corrected chi connectivity index (χ2v) is 4.15. The summed E-state index contributed by atoms with van der Waals surface area (Å²) < 4.78 is 6.73. The van der Waals surface area contributed by atoms with Crippen molar-refractivity contribution in [3.63, 3.8) is 0 Å². The van der Waals surface area contributed by atoms with Crippen molar-refractivity contribution in [1.29, 1.82) is 0 Å². The molecule has 0 bridgehead atoms. The highest BCUT2D eigenvalue weighted by Crippen LogP contribution is 2.18. The number of amides is 1. The van der Waals surface area contributed by atoms with E-state index in [0.717, 1.165) is 0 Å². The van der Waals surface area contributed by atoms with Gasteiger partial charge in [0, 0.05) is 19.3 Å². The van der Waals surface area contributed by atoms with Crippen LogP contribution in [0.3, 0.4) is 0 Å². The van der Waals surface area contributed by atoms with E-state index in [0.29, 0.717) is 15.9 Å². The molecule has 0 saturated heterocycles. The maximum absolute atomic E-state index is 11.8. The van der Waals surface area contributed by atoms with Crippen LogP contribution in [0.5, 0.6) is 0 Å². The average Bonchev–Trinajstić information content (AvgIpc) is 2.70. The van der Waals surface area contributed by atoms with E-state index in [1.807, 2.05) is 0 Å². The van der Waals surface area contributed by atoms with Gasteiger partial charge >= 0.3 is 0 Å². The van der Waals surface area contributed by atoms with Gasteiger partial charge in [0.1, 0.15) is 0 Å². The molecule has 5 nitrogen and oxygen atoms in total. The van der Waals surface area contributed by atoms with Crippen LogP contribution >= 0.6 is 15.9 Å². The Hall–Kier alpha value is -1.82. The lowest BCUT2D eigenvalue weighted by atomic mass is 10.3. The maximum atomic E-state index is 11.8. The zero-order valence-electron chi connectivity index (χ0n) is 8.94. The highest BCUT2D eigenvalue weighted by molar-refractivity contribution is 9.10. The van der Waals surface area contributed by atoms with E-state index in [1.165, 1.54) is 16.9 Å². The van der Waals surface area contributed by atoms with Crippen LogP contribution in [-0.2, 0) is 7.05 Å². The summed E-state index contributed by atoms with van der Waals surface area (Å²) in [6, 6.07) is 4.50. The van der Waals surface area contributed by atoms with Crippen LogP contribution in [0.1, 0.15) is 10.4 Å². The van der Waals surface area contributed by atoms with Crippen LogP contribution in [-0.4, -0.2) is 10.5 Å². The van der Waals surface area contributed by atoms with Gasteiger partial charge in [-0.15, -0.1) is 0 Å². The summed E-state index contributed by atoms with van der Waals surface area (Å²) in [6.07, 6.45) is 2.97. The minimum Gasteiger partial charge on any atom is -0.457 e. The van der Waals surface area contributed by atoms with Gasteiger partial charge in [-0.1, -0.05) is 0 Å². The molecule has 0 fully saturated rings. The molecule has 2 rings (SSSR count). The van der Waals surface area contributed by atoms with Crippen LogP contribution in [0.4, 0.5) is 5.69 Å². The third kappa shape index (κ3) is 2.47. The zero-order chi connectivity index (χ0) is 12.4. The van der Waals surface area contributed by atoms with Crippen molar-refractivity contribution in [1.82, 2.24) is 4.57 Å². The largest absolute Gasteiger partial charge is 0.457 e. The second kappa shape index (κ2) is 4.58. The fourth-order valence-corrected chi connectivity index (χ4v) is 1.74. The van der Waals surface area contributed by atoms with Gasteiger partial charge in [0.2, 0.25) is 5.56 Å². The minimum atomic E-state index is -0.302. The Balaban J connectivity index is 2.22. The first kappa shape index (κ1) is 11.7. The van der Waals surface area contributed by atoms with Crippen molar-refractivity contribution in [3.8, 4) is 0 Å². The molecular weight excluding hydrogens is 288 g/mol. The number of anilines is 1. The first-order chi connectivity index (χ1) is 8.08. The number of furan rings is 1. The standard InChI is InChI=1S/C11H9BrN2O3/c1-14-6-7(2-3-9(14)15)13-11(16)8-4-5-17-10(8)12/h2-6H,1H3,(H,13,16). The van der Waals surface area contributed by atoms with Crippen molar-refractivity contribution in [3.05, 3.63) is 51.2 Å². The van der Waals surface area contributed by atoms with Crippen molar-refractivity contribution >= 4 is 27.5 Å². The topological polar surface area (TPSA) is 64.2 Å². The predicted octanol–water partition coefficient (Wildman–Crippen LogP) is 1.99. The van der Waals surface area contributed by atoms with E-state index >= 15 is 0 Å². The summed E-state index contributed by atoms with van der Waals surface area (Å²) in [5.41, 5.74) is 0.816. The van der Waals surface area contributed by atoms with Gasteiger partial charge in [-0.2, -0.15) is 0 Å². The Morgan fingerprint density at radius 1 is 1.41 bits per heavy atom. The number of carbonyl (C=O) groups excluding carboxylic acids is 1. The average molecular weight is 297 g/mol. The van der Waals surface area contributed by atoms with Crippen LogP contribution in [0, 0.1) is 0 Å². The lowest BCUT2D eigenvalue weighted by Gasteiger charge is -2.05. The number of carbonyl (C=O) groups is 1. The number of nitrogens with zero attached hydrogens (tertiary/aromatic N) is 1. The molecule has 1 N–H and O–H groups in total. The number of aryl methyl sites for hydroxylation is 1. The van der Waals surface area contributed by atoms with Crippen LogP contribution in [0.25, 0.3) is 0 Å². The van der Waals surface area contributed by atoms with Gasteiger partial charge in [-0.3, -0.25) is 9.59 Å². The molecule has 0 spiro atoms. The summed E-state index contributed by atoms with van der Waals surface area (Å²) in [6.45, 7) is 0. The monoisotopic (exact) mass is 296 g/mol. The Bertz CT molecular complexity index is 615. The quantitative estimate of drug-likeness (QED) is 0.922. The summed E-state index contributed by atoms with van der Waals surface area (Å²) >= 11 is 3.12. The van der Waals surface area contributed by atoms with Crippen molar-refractivity contribution in [2.45, 2.75) is 0 Å². The van der Waals surface area contributed by atoms with Gasteiger partial charge in [-0.25, -0.2) is 0 Å². The molecule has 17 heavy (non-hydrogen) atoms. The molecule has 0 radical (unpaired) electrons. The number of rotatable bonds is 2. The van der Waals surface area contributed by atoms with E-state index in [2.05, 4.69) is 21.2 Å². The molecule has 0 atom stereocenters. The number of halogens is 1. The molecule has 0 aromatic carbocycles. The molecular formula is C11H9BrN2O3. The number of hydrogen-bond acceptors (Lipinski definition) is 3. The highest BCUT2D eigenvalue weighted by Gasteiger charge is 2.12. The highest BCUT2D eigenvalue weighted by atomic mass is 79.9. The van der Waals surface area contributed by atoms with Crippen LogP contribution in [0.2, 0.25) is 0 Å². The van der Waals surface area contributed by atoms with Gasteiger partial charge < -0.3 is 14.3 Å². The molecule has 2 aromatic rings. The van der Waals surface area contributed by atoms with Crippen LogP contribution < -0.4 is 10.9 Å². The molecule has 2 aromatic heterocycles. The van der Waals surface area contributed by atoms with Gasteiger partial charge in [-0.05, 0) is 28.1 Å². The summed E-state index contributed by atoms with van der Waals surface area (Å²) in [5.74, 6) is -0.302. The summed E-state index contributed by atoms with van der Waals surface area (Å²) in [7, 11) is 1.62. The Morgan fingerprint density at radius 2 is 2.18 bits per heavy atom. The van der Waals surface area contributed by atoms with E-state index in [4.69, 9.17) is 4.42 Å². The molecule has 2 heterocycles. The normalized spacial score (nSPS) is 10.2. The molecule has 0 aliphatic rings. The number of pyridine rings is 1. The van der Waals surface area contributed by atoms with Gasteiger partial charge in [0.15, 0.2) is 4.67 Å². The molecule has 0 aliphatic carbocycles. The smallest absolute Gasteiger partial charge is 0.260 e. The molecule has 0 unspecified atom stereocenters. The van der Waals surface area contributed by atoms with E-state index in [-0.39, 0.29) is 11.5 Å². The molecule has 88 valence electrons. The van der Waals surface area contributed by atoms with E-state index < -0.39 is 0 Å². The van der Waals surface area contributed by atoms with E-state index in [1.54, 1.807) is 25.4 Å². The summed E-state index contributed by atoms with van der Waals surface area (Å²) in [5, 5.41) is 2.66. The molecule has 1 amide bonds. The summed E-state index contributed by atoms with van der Waals surface area (Å²) in [4.78, 5) is 23.0. The maximum Gasteiger partial charge on any atom is 0.260 e. The number of nitrogens with one attached hydrogen (secondary N) is 1. The van der Waals surface area contributed by atoms with Crippen molar-refractivity contribution in [2.24, 2.45) is 7.05 Å². The third-order valence-electron chi connectivity index (χ3n) is 2.21. The van der Waals surface area contributed by atoms with Crippen LogP contribution in [0.15, 0.2) is 44.5 Å². The third-order valence-corrected chi connectivity index (χ3v) is 2.82. The molecule has 0 aliphatic heterocycles. The fourth-order valence-electron chi connectivity index (χ4n) is 1.32. The van der Waals surface area contributed by atoms with E-state index in [9.17, 15) is 9.59 Å². The van der Waals surface area contributed by atoms with Gasteiger partial charge in [0.25, 0.3) is 5.91 Å². The number of aromatic nitrogens is 1. The fraction of sp³-hybridized carbons (Fsp3) is 0.0909. The predicted molar refractivity (Wildman–Crippen MR) is 66.0 cm³/mol. The minimum absolute atomic E-state index is 0.132. The lowest BCUT2D eigenvalue weighted by Crippen LogP contribution is -2.17. The van der Waals surface area contributed by atoms with Crippen molar-refractivity contribution in [2.75, 3.05) is 5.32 Å². The molecule has 6 heteroatoms. The van der Waals surface area contributed by atoms with Gasteiger partial charge in [0.05, 0.1) is 17.5 Å². The number of hydrogen-bond donors (Lipinski definition) is 1. The van der Waals surface area contributed by atoms with Crippen molar-refractivity contribution < 1.29 is 9.21 Å². The Labute approximate surface area is 105 Å². The zero-order valence-corrected chi connectivity index (χ0v) is 10.5. The molecule has 0 saturated carbocycles. The first-order valence-corrected chi connectivity index (χ1v) is 5.58. The Kier molecular flexibility index (Phi) is 3.14.